The fourth-order valence-electron chi connectivity index (χ4n) is 4.52. The van der Waals surface area contributed by atoms with E-state index in [1.807, 2.05) is 60.7 Å². The van der Waals surface area contributed by atoms with Crippen LogP contribution in [0.3, 0.4) is 0 Å². The number of carbonyl (C=O) groups excluding carboxylic acids is 1. The van der Waals surface area contributed by atoms with E-state index in [2.05, 4.69) is 11.9 Å². The van der Waals surface area contributed by atoms with Gasteiger partial charge in [0.15, 0.2) is 0 Å². The molecule has 6 atom stereocenters. The molecule has 3 aromatic carbocycles. The highest BCUT2D eigenvalue weighted by molar-refractivity contribution is 5.80. The van der Waals surface area contributed by atoms with E-state index < -0.39 is 42.2 Å². The number of phenols is 1. The molecule has 0 aliphatic carbocycles. The van der Waals surface area contributed by atoms with Gasteiger partial charge in [-0.2, -0.15) is 0 Å². The predicted octanol–water partition coefficient (Wildman–Crippen LogP) is 3.06. The summed E-state index contributed by atoms with van der Waals surface area (Å²) in [5, 5.41) is 44.6. The lowest BCUT2D eigenvalue weighted by Gasteiger charge is -2.27. The van der Waals surface area contributed by atoms with Gasteiger partial charge in [0.1, 0.15) is 5.75 Å². The van der Waals surface area contributed by atoms with Gasteiger partial charge in [0.2, 0.25) is 5.91 Å². The van der Waals surface area contributed by atoms with Crippen molar-refractivity contribution < 1.29 is 25.2 Å². The Morgan fingerprint density at radius 2 is 1.35 bits per heavy atom. The van der Waals surface area contributed by atoms with E-state index >= 15 is 0 Å². The molecule has 40 heavy (non-hydrogen) atoms. The van der Waals surface area contributed by atoms with Crippen LogP contribution in [0.1, 0.15) is 23.1 Å². The molecule has 0 bridgehead atoms. The molecule has 212 valence electrons. The van der Waals surface area contributed by atoms with Crippen molar-refractivity contribution in [2.45, 2.75) is 56.1 Å². The van der Waals surface area contributed by atoms with Gasteiger partial charge in [-0.3, -0.25) is 4.79 Å². The number of hydrogen-bond acceptors (Lipinski definition) is 6. The van der Waals surface area contributed by atoms with Crippen molar-refractivity contribution in [3.63, 3.8) is 0 Å². The molecule has 0 saturated heterocycles. The van der Waals surface area contributed by atoms with Gasteiger partial charge in [0, 0.05) is 6.04 Å². The number of aliphatic hydroxyl groups excluding tert-OH is 3. The first-order valence-corrected chi connectivity index (χ1v) is 13.5. The topological polar surface area (TPSA) is 136 Å². The molecule has 1 amide bonds. The zero-order valence-electron chi connectivity index (χ0n) is 22.6. The van der Waals surface area contributed by atoms with Gasteiger partial charge >= 0.3 is 0 Å². The first kappa shape index (κ1) is 30.8. The number of amides is 1. The van der Waals surface area contributed by atoms with Crippen LogP contribution in [-0.4, -0.2) is 56.7 Å². The SMILES string of the molecule is C=CC(O)C(Cc1ccccc1)NC(=O)C(Cc1ccccc1)C(O)/C=C/CC(O)C(N)Cc1ccc(O)cc1. The van der Waals surface area contributed by atoms with Crippen LogP contribution in [0.25, 0.3) is 0 Å². The van der Waals surface area contributed by atoms with Crippen LogP contribution in [0.4, 0.5) is 0 Å². The number of nitrogens with one attached hydrogen (secondary N) is 1. The first-order chi connectivity index (χ1) is 19.3. The van der Waals surface area contributed by atoms with Gasteiger partial charge in [-0.15, -0.1) is 6.58 Å². The monoisotopic (exact) mass is 544 g/mol. The highest BCUT2D eigenvalue weighted by Gasteiger charge is 2.29. The molecule has 3 rings (SSSR count). The molecule has 0 saturated carbocycles. The molecule has 7 nitrogen and oxygen atoms in total. The van der Waals surface area contributed by atoms with Crippen molar-refractivity contribution in [3.8, 4) is 5.75 Å². The lowest BCUT2D eigenvalue weighted by atomic mass is 9.91. The van der Waals surface area contributed by atoms with Gasteiger partial charge in [-0.25, -0.2) is 0 Å². The Morgan fingerprint density at radius 3 is 1.93 bits per heavy atom. The van der Waals surface area contributed by atoms with E-state index in [4.69, 9.17) is 5.73 Å². The molecule has 0 spiro atoms. The maximum absolute atomic E-state index is 13.5. The standard InChI is InChI=1S/C33H40N2O5/c1-2-30(37)29(22-24-12-7-4-8-13-24)35-33(40)27(20-23-10-5-3-6-11-23)31(38)14-9-15-32(39)28(34)21-25-16-18-26(36)19-17-25/h2-14,16-19,27-32,36-39H,1,15,20-22,34H2,(H,35,40)/b14-9+. The molecule has 0 fully saturated rings. The van der Waals surface area contributed by atoms with Crippen molar-refractivity contribution >= 4 is 5.91 Å². The van der Waals surface area contributed by atoms with Crippen LogP contribution in [0, 0.1) is 5.92 Å². The average Bonchev–Trinajstić information content (AvgIpc) is 2.97. The van der Waals surface area contributed by atoms with E-state index in [0.717, 1.165) is 16.7 Å². The number of benzene rings is 3. The van der Waals surface area contributed by atoms with E-state index in [1.54, 1.807) is 30.3 Å². The minimum atomic E-state index is -1.14. The number of hydrogen-bond donors (Lipinski definition) is 6. The third-order valence-corrected chi connectivity index (χ3v) is 6.94. The van der Waals surface area contributed by atoms with E-state index in [1.165, 1.54) is 12.2 Å². The summed E-state index contributed by atoms with van der Waals surface area (Å²) in [5.74, 6) is -1.07. The minimum absolute atomic E-state index is 0.161. The average molecular weight is 545 g/mol. The molecule has 0 aromatic heterocycles. The molecule has 0 radical (unpaired) electrons. The summed E-state index contributed by atoms with van der Waals surface area (Å²) in [6.07, 6.45) is 2.86. The molecule has 0 aliphatic rings. The zero-order chi connectivity index (χ0) is 28.9. The molecular formula is C33H40N2O5. The van der Waals surface area contributed by atoms with Gasteiger partial charge < -0.3 is 31.5 Å². The maximum atomic E-state index is 13.5. The van der Waals surface area contributed by atoms with Crippen LogP contribution in [0.5, 0.6) is 5.75 Å². The second kappa shape index (κ2) is 15.7. The molecular weight excluding hydrogens is 504 g/mol. The fraction of sp³-hybridized carbons (Fsp3) is 0.303. The summed E-state index contributed by atoms with van der Waals surface area (Å²) in [5.41, 5.74) is 8.89. The predicted molar refractivity (Wildman–Crippen MR) is 157 cm³/mol. The number of rotatable bonds is 15. The van der Waals surface area contributed by atoms with Crippen molar-refractivity contribution in [2.75, 3.05) is 0 Å². The summed E-state index contributed by atoms with van der Waals surface area (Å²) >= 11 is 0. The normalized spacial score (nSPS) is 16.0. The number of aromatic hydroxyl groups is 1. The number of phenolic OH excluding ortho intramolecular Hbond substituents is 1. The fourth-order valence-corrected chi connectivity index (χ4v) is 4.52. The summed E-state index contributed by atoms with van der Waals surface area (Å²) in [6.45, 7) is 3.67. The second-order valence-electron chi connectivity index (χ2n) is 10.1. The Balaban J connectivity index is 1.68. The highest BCUT2D eigenvalue weighted by atomic mass is 16.3. The first-order valence-electron chi connectivity index (χ1n) is 13.5. The largest absolute Gasteiger partial charge is 0.508 e. The Kier molecular flexibility index (Phi) is 12.1. The Morgan fingerprint density at radius 1 is 0.800 bits per heavy atom. The number of carbonyl (C=O) groups is 1. The summed E-state index contributed by atoms with van der Waals surface area (Å²) in [4.78, 5) is 13.5. The number of aliphatic hydroxyl groups is 3. The lowest BCUT2D eigenvalue weighted by Crippen LogP contribution is -2.48. The van der Waals surface area contributed by atoms with Gasteiger partial charge in [0.25, 0.3) is 0 Å². The quantitative estimate of drug-likeness (QED) is 0.163. The van der Waals surface area contributed by atoms with E-state index in [9.17, 15) is 25.2 Å². The third kappa shape index (κ3) is 9.77. The highest BCUT2D eigenvalue weighted by Crippen LogP contribution is 2.18. The Bertz CT molecular complexity index is 1200. The minimum Gasteiger partial charge on any atom is -0.508 e. The number of nitrogens with two attached hydrogens (primary N) is 1. The zero-order valence-corrected chi connectivity index (χ0v) is 22.6. The summed E-state index contributed by atoms with van der Waals surface area (Å²) < 4.78 is 0. The maximum Gasteiger partial charge on any atom is 0.226 e. The lowest BCUT2D eigenvalue weighted by molar-refractivity contribution is -0.128. The smallest absolute Gasteiger partial charge is 0.226 e. The molecule has 6 unspecified atom stereocenters. The van der Waals surface area contributed by atoms with Crippen molar-refractivity contribution in [3.05, 3.63) is 126 Å². The van der Waals surface area contributed by atoms with E-state index in [-0.39, 0.29) is 18.6 Å². The summed E-state index contributed by atoms with van der Waals surface area (Å²) in [6, 6.07) is 24.4. The molecule has 0 aliphatic heterocycles. The Labute approximate surface area is 236 Å². The van der Waals surface area contributed by atoms with Gasteiger partial charge in [-0.05, 0) is 54.5 Å². The van der Waals surface area contributed by atoms with Crippen molar-refractivity contribution in [1.82, 2.24) is 5.32 Å². The van der Waals surface area contributed by atoms with Crippen molar-refractivity contribution in [2.24, 2.45) is 11.7 Å². The van der Waals surface area contributed by atoms with Crippen molar-refractivity contribution in [1.29, 1.82) is 0 Å². The van der Waals surface area contributed by atoms with Crippen LogP contribution in [0.2, 0.25) is 0 Å². The molecule has 7 N–H and O–H groups in total. The van der Waals surface area contributed by atoms with Gasteiger partial charge in [0.05, 0.1) is 30.3 Å². The van der Waals surface area contributed by atoms with E-state index in [0.29, 0.717) is 12.8 Å². The summed E-state index contributed by atoms with van der Waals surface area (Å²) in [7, 11) is 0. The van der Waals surface area contributed by atoms with Gasteiger partial charge in [-0.1, -0.05) is 91.0 Å². The second-order valence-corrected chi connectivity index (χ2v) is 10.1. The van der Waals surface area contributed by atoms with Crippen LogP contribution >= 0.6 is 0 Å². The molecule has 3 aromatic rings. The van der Waals surface area contributed by atoms with Crippen LogP contribution in [0.15, 0.2) is 110 Å². The third-order valence-electron chi connectivity index (χ3n) is 6.94. The van der Waals surface area contributed by atoms with Crippen LogP contribution in [-0.2, 0) is 24.1 Å². The van der Waals surface area contributed by atoms with Crippen LogP contribution < -0.4 is 11.1 Å². The Hall–Kier alpha value is -3.75. The molecule has 0 heterocycles. The molecule has 7 heteroatoms.